The minimum Gasteiger partial charge on any atom is -0.394 e. The summed E-state index contributed by atoms with van der Waals surface area (Å²) in [5.74, 6) is 0. The lowest BCUT2D eigenvalue weighted by atomic mass is 10.0. The number of hydrogen-bond acceptors (Lipinski definition) is 6. The summed E-state index contributed by atoms with van der Waals surface area (Å²) in [4.78, 5) is 10.6. The lowest BCUT2D eigenvalue weighted by Crippen LogP contribution is -2.48. The Kier molecular flexibility index (Phi) is 4.90. The van der Waals surface area contributed by atoms with Crippen molar-refractivity contribution in [3.63, 3.8) is 0 Å². The summed E-state index contributed by atoms with van der Waals surface area (Å²) >= 11 is 0. The molecule has 3 N–H and O–H groups in total. The van der Waals surface area contributed by atoms with E-state index in [4.69, 9.17) is 12.6 Å². The molecule has 0 aliphatic carbocycles. The first-order valence-corrected chi connectivity index (χ1v) is 3.86. The molecule has 0 fully saturated rings. The third-order valence-corrected chi connectivity index (χ3v) is 1.76. The number of methoxy groups -OCH3 is 2. The molecular weight excluding hydrogens is 192 g/mol. The van der Waals surface area contributed by atoms with Gasteiger partial charge in [0, 0.05) is 14.2 Å². The van der Waals surface area contributed by atoms with Crippen LogP contribution in [0.3, 0.4) is 0 Å². The number of carbonyl (C=O) groups excluding carboxylic acids is 1. The van der Waals surface area contributed by atoms with Crippen LogP contribution >= 0.6 is 0 Å². The Balaban J connectivity index is 4.60. The van der Waals surface area contributed by atoms with Crippen LogP contribution < -0.4 is 0 Å². The minimum atomic E-state index is -1.57. The van der Waals surface area contributed by atoms with Crippen LogP contribution in [-0.4, -0.2) is 66.8 Å². The van der Waals surface area contributed by atoms with Crippen LogP contribution in [0.5, 0.6) is 0 Å². The lowest BCUT2D eigenvalue weighted by Gasteiger charge is -2.27. The van der Waals surface area contributed by atoms with E-state index < -0.39 is 45.2 Å². The summed E-state index contributed by atoms with van der Waals surface area (Å²) in [6, 6.07) is 0. The number of carbonyl (C=O) groups is 1. The molecule has 0 heterocycles. The van der Waals surface area contributed by atoms with Crippen LogP contribution in [0.1, 0.15) is 2.74 Å². The molecule has 0 amide bonds. The van der Waals surface area contributed by atoms with Gasteiger partial charge in [0.05, 0.1) is 9.35 Å². The van der Waals surface area contributed by atoms with Crippen molar-refractivity contribution in [2.24, 2.45) is 0 Å². The van der Waals surface area contributed by atoms with Crippen molar-refractivity contribution in [3.05, 3.63) is 0 Å². The second-order valence-corrected chi connectivity index (χ2v) is 2.64. The van der Waals surface area contributed by atoms with Gasteiger partial charge in [0.25, 0.3) is 0 Å². The van der Waals surface area contributed by atoms with Crippen molar-refractivity contribution >= 4 is 6.29 Å². The Morgan fingerprint density at radius 3 is 2.50 bits per heavy atom. The van der Waals surface area contributed by atoms with E-state index in [-0.39, 0.29) is 0 Å². The van der Waals surface area contributed by atoms with Crippen molar-refractivity contribution < 1.29 is 32.3 Å². The average Bonchev–Trinajstić information content (AvgIpc) is 2.31. The molecule has 0 radical (unpaired) electrons. The number of aliphatic hydroxyl groups excluding tert-OH is 3. The van der Waals surface area contributed by atoms with E-state index in [9.17, 15) is 15.0 Å². The molecule has 0 saturated carbocycles. The van der Waals surface area contributed by atoms with E-state index in [1.54, 1.807) is 0 Å². The Hall–Kier alpha value is -0.530. The van der Waals surface area contributed by atoms with E-state index in [0.29, 0.717) is 6.29 Å². The lowest BCUT2D eigenvalue weighted by molar-refractivity contribution is -0.148. The fourth-order valence-corrected chi connectivity index (χ4v) is 0.926. The maximum atomic E-state index is 10.6. The number of aliphatic hydroxyl groups is 3. The summed E-state index contributed by atoms with van der Waals surface area (Å²) in [5.41, 5.74) is 0. The molecule has 0 bridgehead atoms. The van der Waals surface area contributed by atoms with E-state index in [0.717, 1.165) is 0 Å². The molecule has 0 aromatic heterocycles. The monoisotopic (exact) mass is 210 g/mol. The molecule has 0 aromatic rings. The summed E-state index contributed by atoms with van der Waals surface area (Å²) < 4.78 is 23.0. The van der Waals surface area contributed by atoms with Crippen LogP contribution in [0.4, 0.5) is 0 Å². The summed E-state index contributed by atoms with van der Waals surface area (Å²) in [6.45, 7) is -0.717. The summed E-state index contributed by atoms with van der Waals surface area (Å²) in [5, 5.41) is 27.3. The number of ether oxygens (including phenoxy) is 2. The zero-order valence-electron chi connectivity index (χ0n) is 9.57. The number of hydrogen-bond donors (Lipinski definition) is 3. The predicted molar refractivity (Wildman–Crippen MR) is 46.8 cm³/mol. The van der Waals surface area contributed by atoms with Gasteiger partial charge in [-0.15, -0.1) is 0 Å². The predicted octanol–water partition coefficient (Wildman–Crippen LogP) is -2.07. The maximum Gasteiger partial charge on any atom is 0.151 e. The van der Waals surface area contributed by atoms with E-state index in [1.807, 2.05) is 0 Å². The molecule has 0 aromatic carbocycles. The van der Waals surface area contributed by atoms with Gasteiger partial charge in [0.2, 0.25) is 0 Å². The molecular formula is C8H16O6. The second kappa shape index (κ2) is 6.86. The van der Waals surface area contributed by atoms with Gasteiger partial charge in [0.15, 0.2) is 6.29 Å². The van der Waals surface area contributed by atoms with E-state index in [2.05, 4.69) is 4.74 Å². The van der Waals surface area contributed by atoms with Crippen LogP contribution in [0.25, 0.3) is 0 Å². The molecule has 0 spiro atoms. The van der Waals surface area contributed by atoms with Crippen molar-refractivity contribution in [1.29, 1.82) is 0 Å². The topological polar surface area (TPSA) is 96.2 Å². The van der Waals surface area contributed by atoms with Gasteiger partial charge in [-0.1, -0.05) is 0 Å². The minimum absolute atomic E-state index is 0.308. The average molecular weight is 210 g/mol. The second-order valence-electron chi connectivity index (χ2n) is 2.64. The molecule has 0 aliphatic rings. The number of aldehydes is 1. The summed E-state index contributed by atoms with van der Waals surface area (Å²) in [6.07, 6.45) is -5.32. The van der Waals surface area contributed by atoms with Gasteiger partial charge in [-0.2, -0.15) is 0 Å². The van der Waals surface area contributed by atoms with E-state index in [1.165, 1.54) is 0 Å². The molecule has 0 saturated heterocycles. The smallest absolute Gasteiger partial charge is 0.151 e. The molecule has 14 heavy (non-hydrogen) atoms. The molecule has 0 unspecified atom stereocenters. The van der Waals surface area contributed by atoms with Gasteiger partial charge in [-0.25, -0.2) is 0 Å². The fourth-order valence-electron chi connectivity index (χ4n) is 0.926. The third kappa shape index (κ3) is 3.32. The van der Waals surface area contributed by atoms with Gasteiger partial charge in [0.1, 0.15) is 24.4 Å². The molecule has 0 rings (SSSR count). The zero-order chi connectivity index (χ0) is 12.6. The van der Waals surface area contributed by atoms with Gasteiger partial charge in [-0.3, -0.25) is 0 Å². The molecule has 6 heteroatoms. The third-order valence-electron chi connectivity index (χ3n) is 1.76. The van der Waals surface area contributed by atoms with Crippen molar-refractivity contribution in [2.45, 2.75) is 24.4 Å². The zero-order valence-corrected chi connectivity index (χ0v) is 7.57. The summed E-state index contributed by atoms with van der Waals surface area (Å²) in [7, 11) is -1.07. The van der Waals surface area contributed by atoms with Crippen LogP contribution in [0.15, 0.2) is 0 Å². The fraction of sp³-hybridized carbons (Fsp3) is 0.875. The maximum absolute atomic E-state index is 10.6. The Morgan fingerprint density at radius 2 is 2.07 bits per heavy atom. The normalized spacial score (nSPS) is 21.6. The van der Waals surface area contributed by atoms with Crippen molar-refractivity contribution in [1.82, 2.24) is 0 Å². The van der Waals surface area contributed by atoms with Gasteiger partial charge >= 0.3 is 0 Å². The first-order chi connectivity index (χ1) is 7.62. The molecule has 84 valence electrons. The Bertz CT molecular complexity index is 193. The van der Waals surface area contributed by atoms with Crippen LogP contribution in [0, 0.1) is 0 Å². The highest BCUT2D eigenvalue weighted by atomic mass is 16.5. The first kappa shape index (κ1) is 10.0. The molecule has 4 atom stereocenters. The van der Waals surface area contributed by atoms with Crippen LogP contribution in [-0.2, 0) is 14.3 Å². The Morgan fingerprint density at radius 1 is 1.43 bits per heavy atom. The molecule has 0 aliphatic heterocycles. The Labute approximate surface area is 84.9 Å². The number of rotatable bonds is 7. The van der Waals surface area contributed by atoms with Gasteiger partial charge < -0.3 is 29.6 Å². The van der Waals surface area contributed by atoms with Crippen molar-refractivity contribution in [3.8, 4) is 0 Å². The highest BCUT2D eigenvalue weighted by Crippen LogP contribution is 2.09. The first-order valence-electron chi connectivity index (χ1n) is 5.27. The van der Waals surface area contributed by atoms with Gasteiger partial charge in [-0.05, 0) is 0 Å². The largest absolute Gasteiger partial charge is 0.394 e. The standard InChI is InChI=1S/C8H16O6/c1-13-6(4-10)8(14-2)7(12)5(11)3-9/h4-9,11-12H,3H2,1-2H3/t5-,6-,7-,8-/m1/s1/i1D,2D. The van der Waals surface area contributed by atoms with Crippen molar-refractivity contribution in [2.75, 3.05) is 20.8 Å². The quantitative estimate of drug-likeness (QED) is 0.418. The highest BCUT2D eigenvalue weighted by Gasteiger charge is 2.32. The highest BCUT2D eigenvalue weighted by molar-refractivity contribution is 5.57. The van der Waals surface area contributed by atoms with E-state index >= 15 is 0 Å². The molecule has 6 nitrogen and oxygen atoms in total. The SMILES string of the molecule is [2H]CO[C@@H]([C@H](O)[C@H](O)CO)[C@@H](C=O)OC[2H]. The van der Waals surface area contributed by atoms with Crippen LogP contribution in [0.2, 0.25) is 0 Å².